The van der Waals surface area contributed by atoms with Crippen LogP contribution in [0.5, 0.6) is 0 Å². The molecular weight excluding hydrogens is 328 g/mol. The second-order valence-electron chi connectivity index (χ2n) is 4.08. The number of thiazole rings is 1. The molecule has 0 bridgehead atoms. The second-order valence-corrected chi connectivity index (χ2v) is 6.11. The molecule has 0 aliphatic heterocycles. The molecule has 2 aromatic heterocycles. The van der Waals surface area contributed by atoms with Gasteiger partial charge in [0.1, 0.15) is 16.6 Å². The van der Waals surface area contributed by atoms with Crippen molar-refractivity contribution in [1.29, 1.82) is 0 Å². The number of aryl methyl sites for hydroxylation is 2. The van der Waals surface area contributed by atoms with Crippen LogP contribution in [-0.2, 0) is 0 Å². The Morgan fingerprint density at radius 3 is 2.58 bits per heavy atom. The number of aromatic nitrogens is 3. The van der Waals surface area contributed by atoms with Gasteiger partial charge in [-0.1, -0.05) is 0 Å². The fourth-order valence-corrected chi connectivity index (χ4v) is 3.15. The smallest absolute Gasteiger partial charge is 0.159 e. The van der Waals surface area contributed by atoms with Crippen molar-refractivity contribution in [3.63, 3.8) is 0 Å². The van der Waals surface area contributed by atoms with Crippen molar-refractivity contribution in [2.45, 2.75) is 26.8 Å². The molecule has 2 rings (SSSR count). The molecule has 0 saturated carbocycles. The highest BCUT2D eigenvalue weighted by molar-refractivity contribution is 9.10. The third-order valence-corrected chi connectivity index (χ3v) is 4.62. The average Bonchev–Trinajstić information content (AvgIpc) is 2.71. The summed E-state index contributed by atoms with van der Waals surface area (Å²) in [5.74, 6) is 6.62. The number of hydrogen-bond donors (Lipinski definition) is 3. The molecule has 4 N–H and O–H groups in total. The van der Waals surface area contributed by atoms with Gasteiger partial charge in [0.2, 0.25) is 0 Å². The zero-order valence-electron chi connectivity index (χ0n) is 10.9. The molecule has 1 atom stereocenters. The van der Waals surface area contributed by atoms with Gasteiger partial charge >= 0.3 is 0 Å². The van der Waals surface area contributed by atoms with E-state index in [9.17, 15) is 0 Å². The first-order valence-corrected chi connectivity index (χ1v) is 7.31. The van der Waals surface area contributed by atoms with Gasteiger partial charge in [-0.25, -0.2) is 20.8 Å². The molecule has 102 valence electrons. The summed E-state index contributed by atoms with van der Waals surface area (Å²) in [4.78, 5) is 13.9. The molecule has 0 aromatic carbocycles. The lowest BCUT2D eigenvalue weighted by Crippen LogP contribution is -2.13. The Morgan fingerprint density at radius 2 is 2.00 bits per heavy atom. The van der Waals surface area contributed by atoms with Crippen LogP contribution in [0.15, 0.2) is 10.8 Å². The Morgan fingerprint density at radius 1 is 1.32 bits per heavy atom. The number of hydrogen-bond acceptors (Lipinski definition) is 7. The van der Waals surface area contributed by atoms with Gasteiger partial charge in [-0.2, -0.15) is 0 Å². The number of anilines is 2. The van der Waals surface area contributed by atoms with E-state index in [0.717, 1.165) is 10.7 Å². The van der Waals surface area contributed by atoms with E-state index in [1.165, 1.54) is 11.2 Å². The second kappa shape index (κ2) is 5.81. The molecule has 6 nitrogen and oxygen atoms in total. The Kier molecular flexibility index (Phi) is 4.33. The van der Waals surface area contributed by atoms with Crippen LogP contribution < -0.4 is 16.6 Å². The highest BCUT2D eigenvalue weighted by Gasteiger charge is 2.16. The van der Waals surface area contributed by atoms with Crippen LogP contribution in [0.2, 0.25) is 0 Å². The molecule has 0 saturated heterocycles. The lowest BCUT2D eigenvalue weighted by Gasteiger charge is -2.15. The summed E-state index contributed by atoms with van der Waals surface area (Å²) in [6, 6.07) is 0.114. The highest BCUT2D eigenvalue weighted by Crippen LogP contribution is 2.31. The van der Waals surface area contributed by atoms with Gasteiger partial charge in [0.15, 0.2) is 5.82 Å². The van der Waals surface area contributed by atoms with Crippen LogP contribution >= 0.6 is 27.3 Å². The lowest BCUT2D eigenvalue weighted by atomic mass is 10.2. The van der Waals surface area contributed by atoms with Gasteiger partial charge in [0, 0.05) is 4.88 Å². The highest BCUT2D eigenvalue weighted by atomic mass is 79.9. The normalized spacial score (nSPS) is 12.3. The minimum absolute atomic E-state index is 0.114. The first-order valence-electron chi connectivity index (χ1n) is 5.70. The fourth-order valence-electron chi connectivity index (χ4n) is 1.79. The van der Waals surface area contributed by atoms with Crippen molar-refractivity contribution in [2.75, 3.05) is 10.7 Å². The molecule has 2 heterocycles. The maximum Gasteiger partial charge on any atom is 0.159 e. The Bertz CT molecular complexity index is 585. The summed E-state index contributed by atoms with van der Waals surface area (Å²) >= 11 is 5.11. The van der Waals surface area contributed by atoms with Crippen molar-refractivity contribution in [3.8, 4) is 0 Å². The molecule has 0 radical (unpaired) electrons. The molecule has 0 aliphatic carbocycles. The van der Waals surface area contributed by atoms with Crippen molar-refractivity contribution in [1.82, 2.24) is 15.0 Å². The quantitative estimate of drug-likeness (QED) is 0.584. The number of halogens is 1. The third kappa shape index (κ3) is 3.02. The van der Waals surface area contributed by atoms with Crippen molar-refractivity contribution >= 4 is 38.9 Å². The Labute approximate surface area is 124 Å². The Hall–Kier alpha value is -1.25. The van der Waals surface area contributed by atoms with Crippen molar-refractivity contribution in [3.05, 3.63) is 26.4 Å². The number of nitrogen functional groups attached to an aromatic ring is 1. The van der Waals surface area contributed by atoms with E-state index in [4.69, 9.17) is 5.84 Å². The minimum Gasteiger partial charge on any atom is -0.362 e. The molecular formula is C11H15BrN6S. The van der Waals surface area contributed by atoms with Gasteiger partial charge in [-0.05, 0) is 36.7 Å². The van der Waals surface area contributed by atoms with Crippen LogP contribution in [-0.4, -0.2) is 15.0 Å². The molecule has 2 aromatic rings. The molecule has 1 unspecified atom stereocenters. The largest absolute Gasteiger partial charge is 0.362 e. The number of rotatable bonds is 4. The van der Waals surface area contributed by atoms with Gasteiger partial charge in [0.05, 0.1) is 16.7 Å². The molecule has 19 heavy (non-hydrogen) atoms. The summed E-state index contributed by atoms with van der Waals surface area (Å²) in [6.07, 6.45) is 1.46. The zero-order valence-corrected chi connectivity index (χ0v) is 13.3. The predicted molar refractivity (Wildman–Crippen MR) is 81.2 cm³/mol. The lowest BCUT2D eigenvalue weighted by molar-refractivity contribution is 0.875. The van der Waals surface area contributed by atoms with E-state index < -0.39 is 0 Å². The van der Waals surface area contributed by atoms with Gasteiger partial charge < -0.3 is 10.7 Å². The summed E-state index contributed by atoms with van der Waals surface area (Å²) in [5.41, 5.74) is 3.56. The standard InChI is InChI=1S/C11H15BrN6S/c1-5-9(19-7(3)16-5)6(2)17-10-8(12)11(18-13)15-4-14-10/h4,6H,13H2,1-3H3,(H2,14,15,17,18). The Balaban J connectivity index is 2.24. The average molecular weight is 343 g/mol. The third-order valence-electron chi connectivity index (χ3n) is 2.61. The summed E-state index contributed by atoms with van der Waals surface area (Å²) in [7, 11) is 0. The zero-order chi connectivity index (χ0) is 14.0. The maximum absolute atomic E-state index is 5.38. The first kappa shape index (κ1) is 14.2. The number of nitrogens with two attached hydrogens (primary N) is 1. The molecule has 0 amide bonds. The number of nitrogens with zero attached hydrogens (tertiary/aromatic N) is 3. The molecule has 0 aliphatic rings. The van der Waals surface area contributed by atoms with Crippen LogP contribution in [0.1, 0.15) is 28.5 Å². The van der Waals surface area contributed by atoms with Crippen LogP contribution in [0.3, 0.4) is 0 Å². The topological polar surface area (TPSA) is 88.8 Å². The van der Waals surface area contributed by atoms with E-state index in [1.54, 1.807) is 11.3 Å². The molecule has 0 spiro atoms. The summed E-state index contributed by atoms with van der Waals surface area (Å²) in [6.45, 7) is 6.09. The number of hydrazine groups is 1. The fraction of sp³-hybridized carbons (Fsp3) is 0.364. The van der Waals surface area contributed by atoms with E-state index in [-0.39, 0.29) is 6.04 Å². The van der Waals surface area contributed by atoms with Crippen LogP contribution in [0.25, 0.3) is 0 Å². The van der Waals surface area contributed by atoms with E-state index in [0.29, 0.717) is 16.1 Å². The minimum atomic E-state index is 0.114. The number of nitrogens with one attached hydrogen (secondary N) is 2. The predicted octanol–water partition coefficient (Wildman–Crippen LogP) is 2.77. The molecule has 8 heteroatoms. The van der Waals surface area contributed by atoms with E-state index >= 15 is 0 Å². The first-order chi connectivity index (χ1) is 9.02. The van der Waals surface area contributed by atoms with Gasteiger partial charge in [0.25, 0.3) is 0 Å². The maximum atomic E-state index is 5.38. The summed E-state index contributed by atoms with van der Waals surface area (Å²) < 4.78 is 0.711. The van der Waals surface area contributed by atoms with Crippen molar-refractivity contribution in [2.24, 2.45) is 5.84 Å². The summed E-state index contributed by atoms with van der Waals surface area (Å²) in [5, 5.41) is 4.39. The van der Waals surface area contributed by atoms with Crippen molar-refractivity contribution < 1.29 is 0 Å². The monoisotopic (exact) mass is 342 g/mol. The van der Waals surface area contributed by atoms with Gasteiger partial charge in [-0.3, -0.25) is 0 Å². The van der Waals surface area contributed by atoms with Crippen LogP contribution in [0.4, 0.5) is 11.6 Å². The van der Waals surface area contributed by atoms with Crippen LogP contribution in [0, 0.1) is 13.8 Å². The SMILES string of the molecule is Cc1nc(C)c(C(C)Nc2ncnc(NN)c2Br)s1. The van der Waals surface area contributed by atoms with E-state index in [2.05, 4.69) is 48.5 Å². The molecule has 0 fully saturated rings. The van der Waals surface area contributed by atoms with Gasteiger partial charge in [-0.15, -0.1) is 11.3 Å². The van der Waals surface area contributed by atoms with E-state index in [1.807, 2.05) is 13.8 Å².